The first-order valence-corrected chi connectivity index (χ1v) is 8.91. The van der Waals surface area contributed by atoms with E-state index < -0.39 is 0 Å². The van der Waals surface area contributed by atoms with Crippen molar-refractivity contribution in [2.45, 2.75) is 36.1 Å². The second-order valence-corrected chi connectivity index (χ2v) is 7.61. The monoisotopic (exact) mass is 333 g/mol. The van der Waals surface area contributed by atoms with Crippen molar-refractivity contribution in [2.24, 2.45) is 7.05 Å². The molecule has 0 aliphatic heterocycles. The molecule has 3 aromatic heterocycles. The normalized spacial score (nSPS) is 16.1. The van der Waals surface area contributed by atoms with E-state index in [4.69, 9.17) is 4.42 Å². The van der Waals surface area contributed by atoms with Crippen molar-refractivity contribution in [3.8, 4) is 10.8 Å². The third-order valence-electron chi connectivity index (χ3n) is 3.61. The van der Waals surface area contributed by atoms with Crippen LogP contribution < -0.4 is 0 Å². The van der Waals surface area contributed by atoms with Crippen molar-refractivity contribution in [1.82, 2.24) is 25.0 Å². The average molecular weight is 333 g/mol. The molecule has 0 bridgehead atoms. The van der Waals surface area contributed by atoms with E-state index >= 15 is 0 Å². The Kier molecular flexibility index (Phi) is 3.50. The van der Waals surface area contributed by atoms with Crippen molar-refractivity contribution < 1.29 is 4.42 Å². The molecule has 1 aliphatic rings. The van der Waals surface area contributed by atoms with Crippen LogP contribution in [0.1, 0.15) is 42.6 Å². The van der Waals surface area contributed by atoms with Gasteiger partial charge in [-0.2, -0.15) is 0 Å². The molecule has 1 saturated carbocycles. The molecule has 3 heterocycles. The van der Waals surface area contributed by atoms with Gasteiger partial charge in [0, 0.05) is 13.0 Å². The summed E-state index contributed by atoms with van der Waals surface area (Å²) in [6.07, 6.45) is 2.44. The molecule has 4 rings (SSSR count). The van der Waals surface area contributed by atoms with Crippen LogP contribution in [-0.4, -0.2) is 25.0 Å². The van der Waals surface area contributed by atoms with Crippen LogP contribution in [0.4, 0.5) is 0 Å². The number of hydrogen-bond donors (Lipinski definition) is 0. The van der Waals surface area contributed by atoms with E-state index in [0.717, 1.165) is 15.9 Å². The Morgan fingerprint density at radius 1 is 1.32 bits per heavy atom. The average Bonchev–Trinajstić information content (AvgIpc) is 2.96. The van der Waals surface area contributed by atoms with E-state index in [1.807, 2.05) is 31.5 Å². The maximum absolute atomic E-state index is 5.78. The summed E-state index contributed by atoms with van der Waals surface area (Å²) >= 11 is 3.19. The van der Waals surface area contributed by atoms with E-state index in [1.165, 1.54) is 12.8 Å². The predicted molar refractivity (Wildman–Crippen MR) is 84.9 cm³/mol. The van der Waals surface area contributed by atoms with Gasteiger partial charge in [-0.05, 0) is 31.2 Å². The maximum Gasteiger partial charge on any atom is 0.257 e. The van der Waals surface area contributed by atoms with Gasteiger partial charge >= 0.3 is 0 Å². The van der Waals surface area contributed by atoms with Crippen LogP contribution in [0.5, 0.6) is 0 Å². The highest BCUT2D eigenvalue weighted by Crippen LogP contribution is 2.41. The molecule has 0 N–H and O–H groups in total. The van der Waals surface area contributed by atoms with Crippen molar-refractivity contribution in [3.63, 3.8) is 0 Å². The molecule has 3 aromatic rings. The lowest BCUT2D eigenvalue weighted by molar-refractivity contribution is 0.509. The van der Waals surface area contributed by atoms with Crippen molar-refractivity contribution >= 4 is 23.1 Å². The van der Waals surface area contributed by atoms with Gasteiger partial charge in [0.2, 0.25) is 5.89 Å². The van der Waals surface area contributed by atoms with Crippen LogP contribution in [0.25, 0.3) is 10.8 Å². The number of aromatic nitrogens is 5. The van der Waals surface area contributed by atoms with Gasteiger partial charge in [0.15, 0.2) is 5.16 Å². The molecule has 0 amide bonds. The van der Waals surface area contributed by atoms with Crippen LogP contribution in [0, 0.1) is 0 Å². The van der Waals surface area contributed by atoms with E-state index in [-0.39, 0.29) is 5.25 Å². The lowest BCUT2D eigenvalue weighted by Gasteiger charge is -2.06. The van der Waals surface area contributed by atoms with Crippen molar-refractivity contribution in [1.29, 1.82) is 0 Å². The van der Waals surface area contributed by atoms with Crippen LogP contribution in [-0.2, 0) is 7.05 Å². The van der Waals surface area contributed by atoms with Gasteiger partial charge in [-0.1, -0.05) is 17.8 Å². The van der Waals surface area contributed by atoms with E-state index in [1.54, 1.807) is 23.1 Å². The van der Waals surface area contributed by atoms with E-state index in [0.29, 0.717) is 17.7 Å². The summed E-state index contributed by atoms with van der Waals surface area (Å²) in [5, 5.41) is 19.8. The molecule has 1 atom stereocenters. The minimum absolute atomic E-state index is 0.0381. The summed E-state index contributed by atoms with van der Waals surface area (Å²) in [7, 11) is 2.02. The van der Waals surface area contributed by atoms with Crippen molar-refractivity contribution in [3.05, 3.63) is 29.2 Å². The van der Waals surface area contributed by atoms with Crippen LogP contribution in [0.2, 0.25) is 0 Å². The van der Waals surface area contributed by atoms with Crippen LogP contribution in [0.15, 0.2) is 27.1 Å². The molecule has 0 spiro atoms. The fraction of sp³-hybridized carbons (Fsp3) is 0.429. The molecule has 0 unspecified atom stereocenters. The SMILES string of the molecule is C[C@H](Sc1nnc(C2CC2)n1C)c1nnc(-c2cccs2)o1. The van der Waals surface area contributed by atoms with Crippen molar-refractivity contribution in [2.75, 3.05) is 0 Å². The maximum atomic E-state index is 5.78. The van der Waals surface area contributed by atoms with E-state index in [9.17, 15) is 0 Å². The fourth-order valence-corrected chi connectivity index (χ4v) is 3.73. The second kappa shape index (κ2) is 5.51. The van der Waals surface area contributed by atoms with Gasteiger partial charge in [-0.25, -0.2) is 0 Å². The standard InChI is InChI=1S/C14H15N5OS2/c1-8(12-16-17-13(20-12)10-4-3-7-21-10)22-14-18-15-11(19(14)2)9-5-6-9/h3-4,7-9H,5-6H2,1-2H3/t8-/m0/s1. The Morgan fingerprint density at radius 3 is 2.91 bits per heavy atom. The van der Waals surface area contributed by atoms with Gasteiger partial charge in [-0.15, -0.1) is 31.7 Å². The van der Waals surface area contributed by atoms with Gasteiger partial charge < -0.3 is 8.98 Å². The number of nitrogens with zero attached hydrogens (tertiary/aromatic N) is 5. The summed E-state index contributed by atoms with van der Waals surface area (Å²) in [6.45, 7) is 2.04. The second-order valence-electron chi connectivity index (χ2n) is 5.36. The quantitative estimate of drug-likeness (QED) is 0.664. The molecule has 0 aromatic carbocycles. The minimum Gasteiger partial charge on any atom is -0.419 e. The van der Waals surface area contributed by atoms with Crippen LogP contribution in [0.3, 0.4) is 0 Å². The third kappa shape index (κ3) is 2.56. The van der Waals surface area contributed by atoms with E-state index in [2.05, 4.69) is 25.0 Å². The molecule has 0 radical (unpaired) electrons. The van der Waals surface area contributed by atoms with Gasteiger partial charge in [0.25, 0.3) is 5.89 Å². The lowest BCUT2D eigenvalue weighted by atomic mass is 10.4. The number of thioether (sulfide) groups is 1. The molecule has 0 saturated heterocycles. The lowest BCUT2D eigenvalue weighted by Crippen LogP contribution is -1.98. The molecule has 1 fully saturated rings. The zero-order valence-electron chi connectivity index (χ0n) is 12.3. The van der Waals surface area contributed by atoms with Gasteiger partial charge in [0.05, 0.1) is 10.1 Å². The van der Waals surface area contributed by atoms with Gasteiger partial charge in [-0.3, -0.25) is 0 Å². The number of thiophene rings is 1. The summed E-state index contributed by atoms with van der Waals surface area (Å²) in [5.74, 6) is 2.87. The zero-order chi connectivity index (χ0) is 15.1. The number of hydrogen-bond acceptors (Lipinski definition) is 7. The highest BCUT2D eigenvalue weighted by atomic mass is 32.2. The Balaban J connectivity index is 1.51. The van der Waals surface area contributed by atoms with Gasteiger partial charge in [0.1, 0.15) is 5.82 Å². The fourth-order valence-electron chi connectivity index (χ4n) is 2.23. The number of rotatable bonds is 5. The minimum atomic E-state index is 0.0381. The zero-order valence-corrected chi connectivity index (χ0v) is 13.9. The summed E-state index contributed by atoms with van der Waals surface area (Å²) in [4.78, 5) is 0.991. The molecule has 6 nitrogen and oxygen atoms in total. The molecule has 1 aliphatic carbocycles. The topological polar surface area (TPSA) is 69.6 Å². The molecule has 114 valence electrons. The Hall–Kier alpha value is -1.67. The molecule has 8 heteroatoms. The first-order chi connectivity index (χ1) is 10.7. The smallest absolute Gasteiger partial charge is 0.257 e. The summed E-state index contributed by atoms with van der Waals surface area (Å²) < 4.78 is 7.86. The first kappa shape index (κ1) is 14.0. The first-order valence-electron chi connectivity index (χ1n) is 7.15. The summed E-state index contributed by atoms with van der Waals surface area (Å²) in [6, 6.07) is 3.95. The Morgan fingerprint density at radius 2 is 2.18 bits per heavy atom. The van der Waals surface area contributed by atoms with Crippen LogP contribution >= 0.6 is 23.1 Å². The Bertz CT molecular complexity index is 775. The molecule has 22 heavy (non-hydrogen) atoms. The third-order valence-corrected chi connectivity index (χ3v) is 5.59. The molecular weight excluding hydrogens is 318 g/mol. The highest BCUT2D eigenvalue weighted by Gasteiger charge is 2.30. The largest absolute Gasteiger partial charge is 0.419 e. The molecular formula is C14H15N5OS2. The Labute approximate surface area is 136 Å². The highest BCUT2D eigenvalue weighted by molar-refractivity contribution is 7.99. The predicted octanol–water partition coefficient (Wildman–Crippen LogP) is 3.66. The summed E-state index contributed by atoms with van der Waals surface area (Å²) in [5.41, 5.74) is 0.